The molecule has 1 unspecified atom stereocenters. The third-order valence-electron chi connectivity index (χ3n) is 5.20. The minimum Gasteiger partial charge on any atom is -0.591 e. The summed E-state index contributed by atoms with van der Waals surface area (Å²) < 4.78 is 24.6. The molecule has 3 aromatic rings. The minimum atomic E-state index is -1.37. The van der Waals surface area contributed by atoms with Crippen LogP contribution in [-0.2, 0) is 29.3 Å². The molecular formula is C26H34N4O2S. The van der Waals surface area contributed by atoms with Gasteiger partial charge >= 0.3 is 0 Å². The van der Waals surface area contributed by atoms with Crippen LogP contribution in [0.1, 0.15) is 63.3 Å². The number of aryl methyl sites for hydroxylation is 1. The molecule has 6 nitrogen and oxygen atoms in total. The summed E-state index contributed by atoms with van der Waals surface area (Å²) in [6, 6.07) is 14.1. The average Bonchev–Trinajstić information content (AvgIpc) is 3.10. The molecule has 0 radical (unpaired) electrons. The van der Waals surface area contributed by atoms with Gasteiger partial charge < -0.3 is 13.9 Å². The summed E-state index contributed by atoms with van der Waals surface area (Å²) in [5.74, 6) is 1.10. The number of pyridine rings is 1. The Kier molecular flexibility index (Phi) is 8.46. The number of hydrogen-bond donors (Lipinski definition) is 0. The molecule has 0 bridgehead atoms. The van der Waals surface area contributed by atoms with E-state index in [1.807, 2.05) is 64.2 Å². The molecule has 176 valence electrons. The molecule has 2 aromatic heterocycles. The van der Waals surface area contributed by atoms with Crippen molar-refractivity contribution in [3.63, 3.8) is 0 Å². The number of ether oxygens (including phenoxy) is 1. The highest BCUT2D eigenvalue weighted by atomic mass is 32.2. The van der Waals surface area contributed by atoms with Gasteiger partial charge in [-0.25, -0.2) is 4.98 Å². The van der Waals surface area contributed by atoms with Gasteiger partial charge in [0.1, 0.15) is 28.1 Å². The van der Waals surface area contributed by atoms with Crippen LogP contribution in [0.4, 0.5) is 0 Å². The zero-order valence-electron chi connectivity index (χ0n) is 20.4. The van der Waals surface area contributed by atoms with Crippen molar-refractivity contribution in [1.29, 1.82) is 0 Å². The molecule has 3 rings (SSSR count). The fourth-order valence-electron chi connectivity index (χ4n) is 3.45. The fraction of sp³-hybridized carbons (Fsp3) is 0.423. The summed E-state index contributed by atoms with van der Waals surface area (Å²) in [6.45, 7) is 13.7. The zero-order chi connectivity index (χ0) is 24.0. The zero-order valence-corrected chi connectivity index (χ0v) is 21.2. The maximum absolute atomic E-state index is 12.6. The van der Waals surface area contributed by atoms with Gasteiger partial charge in [0.15, 0.2) is 0 Å². The average molecular weight is 467 g/mol. The molecule has 0 saturated carbocycles. The van der Waals surface area contributed by atoms with Gasteiger partial charge in [-0.3, -0.25) is 4.98 Å². The third kappa shape index (κ3) is 6.53. The van der Waals surface area contributed by atoms with Crippen molar-refractivity contribution >= 4 is 17.6 Å². The Labute approximate surface area is 200 Å². The van der Waals surface area contributed by atoms with Gasteiger partial charge in [0.05, 0.1) is 30.3 Å². The first kappa shape index (κ1) is 25.1. The molecule has 2 heterocycles. The molecule has 0 aliphatic heterocycles. The molecule has 7 heteroatoms. The van der Waals surface area contributed by atoms with Crippen LogP contribution in [0, 0.1) is 6.92 Å². The van der Waals surface area contributed by atoms with E-state index >= 15 is 0 Å². The second-order valence-corrected chi connectivity index (χ2v) is 11.2. The summed E-state index contributed by atoms with van der Waals surface area (Å²) >= 11 is -1.37. The fourth-order valence-corrected chi connectivity index (χ4v) is 3.96. The monoisotopic (exact) mass is 466 g/mol. The highest BCUT2D eigenvalue weighted by molar-refractivity contribution is 7.91. The highest BCUT2D eigenvalue weighted by Crippen LogP contribution is 2.30. The smallest absolute Gasteiger partial charge is 0.144 e. The van der Waals surface area contributed by atoms with Crippen LogP contribution < -0.4 is 0 Å². The molecule has 1 aromatic carbocycles. The van der Waals surface area contributed by atoms with Gasteiger partial charge in [0.2, 0.25) is 0 Å². The number of hydrogen-bond acceptors (Lipinski definition) is 5. The van der Waals surface area contributed by atoms with Crippen LogP contribution in [0.5, 0.6) is 0 Å². The molecular weight excluding hydrogens is 432 g/mol. The predicted molar refractivity (Wildman–Crippen MR) is 136 cm³/mol. The second-order valence-electron chi connectivity index (χ2n) is 9.27. The summed E-state index contributed by atoms with van der Waals surface area (Å²) in [6.07, 6.45) is 3.51. The van der Waals surface area contributed by atoms with Crippen LogP contribution >= 0.6 is 0 Å². The first-order valence-electron chi connectivity index (χ1n) is 11.3. The van der Waals surface area contributed by atoms with Crippen molar-refractivity contribution < 1.29 is 9.29 Å². The van der Waals surface area contributed by atoms with Crippen molar-refractivity contribution in [3.05, 3.63) is 71.4 Å². The molecule has 0 saturated heterocycles. The Bertz CT molecular complexity index is 1070. The van der Waals surface area contributed by atoms with Crippen LogP contribution in [0.2, 0.25) is 0 Å². The number of nitrogens with zero attached hydrogens (tertiary/aromatic N) is 4. The van der Waals surface area contributed by atoms with E-state index in [9.17, 15) is 4.55 Å². The molecule has 0 fully saturated rings. The SMILES string of the molecule is Cc1nc(-c2cccnc2C(C)C)c(C=N[S+]([O-])C(C)(C)C)n1CCOCc1ccccc1. The standard InChI is InChI=1S/C26H34N4O2S/c1-19(2)24-22(13-10-14-27-24)25-23(17-28-33(31)26(4,5)6)30(20(3)29-25)15-16-32-18-21-11-8-7-9-12-21/h7-14,17,19H,15-16,18H2,1-6H3. The largest absolute Gasteiger partial charge is 0.591 e. The maximum Gasteiger partial charge on any atom is 0.144 e. The van der Waals surface area contributed by atoms with Crippen LogP contribution in [0.15, 0.2) is 53.1 Å². The third-order valence-corrected chi connectivity index (χ3v) is 6.55. The molecule has 33 heavy (non-hydrogen) atoms. The van der Waals surface area contributed by atoms with Crippen molar-refractivity contribution in [3.8, 4) is 11.3 Å². The van der Waals surface area contributed by atoms with E-state index in [0.29, 0.717) is 19.8 Å². The van der Waals surface area contributed by atoms with Crippen LogP contribution in [0.25, 0.3) is 11.3 Å². The molecule has 0 aliphatic carbocycles. The van der Waals surface area contributed by atoms with E-state index in [-0.39, 0.29) is 5.92 Å². The Balaban J connectivity index is 1.92. The highest BCUT2D eigenvalue weighted by Gasteiger charge is 2.27. The second kappa shape index (κ2) is 11.1. The topological polar surface area (TPSA) is 75.4 Å². The summed E-state index contributed by atoms with van der Waals surface area (Å²) in [5, 5.41) is 0. The van der Waals surface area contributed by atoms with Crippen LogP contribution in [0.3, 0.4) is 0 Å². The summed E-state index contributed by atoms with van der Waals surface area (Å²) in [4.78, 5) is 9.48. The van der Waals surface area contributed by atoms with Crippen molar-refractivity contribution in [2.75, 3.05) is 6.61 Å². The van der Waals surface area contributed by atoms with Gasteiger partial charge in [-0.1, -0.05) is 48.6 Å². The Morgan fingerprint density at radius 3 is 2.55 bits per heavy atom. The number of rotatable bonds is 9. The van der Waals surface area contributed by atoms with E-state index in [1.165, 1.54) is 0 Å². The Hall–Kier alpha value is -2.48. The lowest BCUT2D eigenvalue weighted by Crippen LogP contribution is -2.26. The first-order chi connectivity index (χ1) is 15.7. The molecule has 1 atom stereocenters. The number of aromatic nitrogens is 3. The van der Waals surface area contributed by atoms with Crippen LogP contribution in [-0.4, -0.2) is 36.7 Å². The van der Waals surface area contributed by atoms with Gasteiger partial charge in [-0.15, -0.1) is 0 Å². The van der Waals surface area contributed by atoms with E-state index in [2.05, 4.69) is 39.9 Å². The quantitative estimate of drug-likeness (QED) is 0.238. The molecule has 0 N–H and O–H groups in total. The van der Waals surface area contributed by atoms with Gasteiger partial charge in [0.25, 0.3) is 0 Å². The molecule has 0 spiro atoms. The number of benzene rings is 1. The van der Waals surface area contributed by atoms with E-state index in [4.69, 9.17) is 9.72 Å². The van der Waals surface area contributed by atoms with E-state index in [1.54, 1.807) is 6.21 Å². The minimum absolute atomic E-state index is 0.245. The van der Waals surface area contributed by atoms with Crippen molar-refractivity contribution in [2.45, 2.75) is 65.4 Å². The normalized spacial score (nSPS) is 13.2. The van der Waals surface area contributed by atoms with Crippen molar-refractivity contribution in [2.24, 2.45) is 4.40 Å². The summed E-state index contributed by atoms with van der Waals surface area (Å²) in [5.41, 5.74) is 4.72. The number of imidazole rings is 1. The molecule has 0 amide bonds. The summed E-state index contributed by atoms with van der Waals surface area (Å²) in [7, 11) is 0. The van der Waals surface area contributed by atoms with Crippen molar-refractivity contribution in [1.82, 2.24) is 14.5 Å². The predicted octanol–water partition coefficient (Wildman–Crippen LogP) is 5.47. The lowest BCUT2D eigenvalue weighted by molar-refractivity contribution is 0.112. The maximum atomic E-state index is 12.6. The Morgan fingerprint density at radius 2 is 1.88 bits per heavy atom. The molecule has 0 aliphatic rings. The van der Waals surface area contributed by atoms with E-state index < -0.39 is 16.1 Å². The lowest BCUT2D eigenvalue weighted by atomic mass is 10.0. The van der Waals surface area contributed by atoms with E-state index in [0.717, 1.165) is 34.0 Å². The van der Waals surface area contributed by atoms with Gasteiger partial charge in [-0.2, -0.15) is 0 Å². The lowest BCUT2D eigenvalue weighted by Gasteiger charge is -2.18. The first-order valence-corrected chi connectivity index (χ1v) is 12.4. The van der Waals surface area contributed by atoms with Gasteiger partial charge in [-0.05, 0) is 51.3 Å². The van der Waals surface area contributed by atoms with Gasteiger partial charge in [0, 0.05) is 18.3 Å². The Morgan fingerprint density at radius 1 is 1.15 bits per heavy atom.